The van der Waals surface area contributed by atoms with Crippen molar-refractivity contribution in [1.29, 1.82) is 5.26 Å². The first-order valence-electron chi connectivity index (χ1n) is 6.56. The smallest absolute Gasteiger partial charge is 0.235 e. The average Bonchev–Trinajstić information content (AvgIpc) is 2.38. The van der Waals surface area contributed by atoms with E-state index in [-0.39, 0.29) is 25.1 Å². The SMILES string of the molecule is CC(CO)N(C)CC(=O)NC1(C#N)CCCCC1. The van der Waals surface area contributed by atoms with Gasteiger partial charge in [0.25, 0.3) is 0 Å². The lowest BCUT2D eigenvalue weighted by atomic mass is 9.83. The summed E-state index contributed by atoms with van der Waals surface area (Å²) in [5.41, 5.74) is -0.668. The summed E-state index contributed by atoms with van der Waals surface area (Å²) in [5, 5.41) is 21.1. The summed E-state index contributed by atoms with van der Waals surface area (Å²) >= 11 is 0. The Morgan fingerprint density at radius 3 is 2.61 bits per heavy atom. The fourth-order valence-electron chi connectivity index (χ4n) is 2.25. The number of carbonyl (C=O) groups excluding carboxylic acids is 1. The number of nitrogens with one attached hydrogen (secondary N) is 1. The zero-order valence-corrected chi connectivity index (χ0v) is 11.3. The van der Waals surface area contributed by atoms with Crippen molar-refractivity contribution in [2.24, 2.45) is 0 Å². The van der Waals surface area contributed by atoms with Gasteiger partial charge in [-0.3, -0.25) is 9.69 Å². The van der Waals surface area contributed by atoms with Crippen molar-refractivity contribution in [1.82, 2.24) is 10.2 Å². The van der Waals surface area contributed by atoms with E-state index in [0.717, 1.165) is 32.1 Å². The van der Waals surface area contributed by atoms with Gasteiger partial charge in [0.15, 0.2) is 0 Å². The van der Waals surface area contributed by atoms with Crippen molar-refractivity contribution in [2.75, 3.05) is 20.2 Å². The summed E-state index contributed by atoms with van der Waals surface area (Å²) < 4.78 is 0. The second-order valence-corrected chi connectivity index (χ2v) is 5.25. The van der Waals surface area contributed by atoms with Gasteiger partial charge in [-0.2, -0.15) is 5.26 Å². The second kappa shape index (κ2) is 6.72. The van der Waals surface area contributed by atoms with E-state index in [9.17, 15) is 10.1 Å². The van der Waals surface area contributed by atoms with Crippen molar-refractivity contribution >= 4 is 5.91 Å². The molecular formula is C13H23N3O2. The minimum Gasteiger partial charge on any atom is -0.395 e. The Kier molecular flexibility index (Phi) is 5.57. The Morgan fingerprint density at radius 1 is 1.50 bits per heavy atom. The van der Waals surface area contributed by atoms with Crippen LogP contribution in [0.25, 0.3) is 0 Å². The lowest BCUT2D eigenvalue weighted by molar-refractivity contribution is -0.124. The summed E-state index contributed by atoms with van der Waals surface area (Å²) in [6, 6.07) is 2.21. The van der Waals surface area contributed by atoms with E-state index in [2.05, 4.69) is 11.4 Å². The highest BCUT2D eigenvalue weighted by molar-refractivity contribution is 5.79. The Bertz CT molecular complexity index is 319. The van der Waals surface area contributed by atoms with E-state index in [1.165, 1.54) is 0 Å². The highest BCUT2D eigenvalue weighted by atomic mass is 16.3. The highest BCUT2D eigenvalue weighted by Crippen LogP contribution is 2.27. The monoisotopic (exact) mass is 253 g/mol. The number of rotatable bonds is 5. The van der Waals surface area contributed by atoms with Gasteiger partial charge in [0.05, 0.1) is 19.2 Å². The van der Waals surface area contributed by atoms with Gasteiger partial charge in [-0.25, -0.2) is 0 Å². The van der Waals surface area contributed by atoms with Crippen molar-refractivity contribution in [3.8, 4) is 6.07 Å². The minimum atomic E-state index is -0.668. The number of carbonyl (C=O) groups is 1. The molecule has 5 nitrogen and oxygen atoms in total. The molecule has 0 spiro atoms. The van der Waals surface area contributed by atoms with Gasteiger partial charge in [0.2, 0.25) is 5.91 Å². The van der Waals surface area contributed by atoms with Crippen LogP contribution in [-0.4, -0.2) is 47.7 Å². The van der Waals surface area contributed by atoms with E-state index in [4.69, 9.17) is 5.11 Å². The summed E-state index contributed by atoms with van der Waals surface area (Å²) in [6.45, 7) is 2.09. The number of hydrogen-bond acceptors (Lipinski definition) is 4. The molecule has 102 valence electrons. The predicted molar refractivity (Wildman–Crippen MR) is 68.7 cm³/mol. The topological polar surface area (TPSA) is 76.4 Å². The van der Waals surface area contributed by atoms with Gasteiger partial charge in [-0.1, -0.05) is 19.3 Å². The van der Waals surface area contributed by atoms with Crippen LogP contribution in [0.1, 0.15) is 39.0 Å². The van der Waals surface area contributed by atoms with E-state index in [1.54, 1.807) is 11.9 Å². The van der Waals surface area contributed by atoms with Crippen molar-refractivity contribution < 1.29 is 9.90 Å². The lowest BCUT2D eigenvalue weighted by Crippen LogP contribution is -2.52. The standard InChI is InChI=1S/C13H23N3O2/c1-11(9-17)16(2)8-12(18)15-13(10-14)6-4-3-5-7-13/h11,17H,3-9H2,1-2H3,(H,15,18). The fourth-order valence-corrected chi connectivity index (χ4v) is 2.25. The molecule has 18 heavy (non-hydrogen) atoms. The summed E-state index contributed by atoms with van der Waals surface area (Å²) in [5.74, 6) is -0.138. The summed E-state index contributed by atoms with van der Waals surface area (Å²) in [4.78, 5) is 13.7. The Hall–Kier alpha value is -1.12. The van der Waals surface area contributed by atoms with Gasteiger partial charge in [0, 0.05) is 6.04 Å². The molecule has 0 bridgehead atoms. The third-order valence-electron chi connectivity index (χ3n) is 3.71. The molecule has 1 aliphatic carbocycles. The molecule has 0 aromatic rings. The molecule has 0 aliphatic heterocycles. The molecule has 1 saturated carbocycles. The van der Waals surface area contributed by atoms with Crippen LogP contribution >= 0.6 is 0 Å². The molecule has 0 aromatic heterocycles. The van der Waals surface area contributed by atoms with Gasteiger partial charge in [-0.05, 0) is 26.8 Å². The molecule has 0 heterocycles. The molecule has 0 radical (unpaired) electrons. The maximum atomic E-state index is 11.9. The van der Waals surface area contributed by atoms with Crippen molar-refractivity contribution in [2.45, 2.75) is 50.6 Å². The number of hydrogen-bond donors (Lipinski definition) is 2. The number of nitriles is 1. The number of likely N-dealkylation sites (N-methyl/N-ethyl adjacent to an activating group) is 1. The average molecular weight is 253 g/mol. The van der Waals surface area contributed by atoms with Crippen LogP contribution in [0, 0.1) is 11.3 Å². The molecule has 1 atom stereocenters. The van der Waals surface area contributed by atoms with Crippen LogP contribution in [0.5, 0.6) is 0 Å². The second-order valence-electron chi connectivity index (χ2n) is 5.25. The largest absolute Gasteiger partial charge is 0.395 e. The zero-order chi connectivity index (χ0) is 13.6. The molecule has 1 amide bonds. The Labute approximate surface area is 109 Å². The zero-order valence-electron chi connectivity index (χ0n) is 11.3. The molecule has 5 heteroatoms. The van der Waals surface area contributed by atoms with Crippen LogP contribution in [0.15, 0.2) is 0 Å². The first-order valence-corrected chi connectivity index (χ1v) is 6.56. The maximum absolute atomic E-state index is 11.9. The molecule has 1 rings (SSSR count). The van der Waals surface area contributed by atoms with E-state index < -0.39 is 5.54 Å². The number of amides is 1. The van der Waals surface area contributed by atoms with Crippen LogP contribution in [0.3, 0.4) is 0 Å². The molecule has 1 aliphatic rings. The van der Waals surface area contributed by atoms with Crippen LogP contribution in [0.4, 0.5) is 0 Å². The molecule has 0 aromatic carbocycles. The van der Waals surface area contributed by atoms with Crippen LogP contribution in [0.2, 0.25) is 0 Å². The molecule has 2 N–H and O–H groups in total. The fraction of sp³-hybridized carbons (Fsp3) is 0.846. The molecule has 1 fully saturated rings. The number of aliphatic hydroxyl groups is 1. The van der Waals surface area contributed by atoms with E-state index in [0.29, 0.717) is 0 Å². The van der Waals surface area contributed by atoms with Gasteiger partial charge in [-0.15, -0.1) is 0 Å². The van der Waals surface area contributed by atoms with Crippen molar-refractivity contribution in [3.63, 3.8) is 0 Å². The maximum Gasteiger partial charge on any atom is 0.235 e. The van der Waals surface area contributed by atoms with E-state index >= 15 is 0 Å². The van der Waals surface area contributed by atoms with Gasteiger partial charge in [0.1, 0.15) is 5.54 Å². The number of aliphatic hydroxyl groups excluding tert-OH is 1. The Morgan fingerprint density at radius 2 is 2.11 bits per heavy atom. The quantitative estimate of drug-likeness (QED) is 0.754. The van der Waals surface area contributed by atoms with Crippen LogP contribution in [-0.2, 0) is 4.79 Å². The van der Waals surface area contributed by atoms with E-state index in [1.807, 2.05) is 6.92 Å². The predicted octanol–water partition coefficient (Wildman–Crippen LogP) is 0.642. The van der Waals surface area contributed by atoms with Gasteiger partial charge < -0.3 is 10.4 Å². The summed E-state index contributed by atoms with van der Waals surface area (Å²) in [6.07, 6.45) is 4.62. The minimum absolute atomic E-state index is 0.0210. The first-order chi connectivity index (χ1) is 8.53. The first kappa shape index (κ1) is 14.9. The Balaban J connectivity index is 2.50. The highest BCUT2D eigenvalue weighted by Gasteiger charge is 2.33. The molecule has 1 unspecified atom stereocenters. The molecular weight excluding hydrogens is 230 g/mol. The van der Waals surface area contributed by atoms with Gasteiger partial charge >= 0.3 is 0 Å². The molecule has 0 saturated heterocycles. The van der Waals surface area contributed by atoms with Crippen LogP contribution < -0.4 is 5.32 Å². The third-order valence-corrected chi connectivity index (χ3v) is 3.71. The number of nitrogens with zero attached hydrogens (tertiary/aromatic N) is 2. The summed E-state index contributed by atoms with van der Waals surface area (Å²) in [7, 11) is 1.79. The lowest BCUT2D eigenvalue weighted by Gasteiger charge is -2.32. The van der Waals surface area contributed by atoms with Crippen molar-refractivity contribution in [3.05, 3.63) is 0 Å². The normalized spacial score (nSPS) is 20.2. The third kappa shape index (κ3) is 3.97.